The van der Waals surface area contributed by atoms with Crippen molar-refractivity contribution in [3.8, 4) is 5.75 Å². The zero-order chi connectivity index (χ0) is 22.7. The van der Waals surface area contributed by atoms with Gasteiger partial charge in [-0.1, -0.05) is 42.6 Å². The average Bonchev–Trinajstić information content (AvgIpc) is 3.46. The molecule has 8 heteroatoms. The number of ether oxygens (including phenoxy) is 1. The Balaban J connectivity index is 1.58. The molecule has 2 aliphatic rings. The van der Waals surface area contributed by atoms with Gasteiger partial charge in [-0.3, -0.25) is 4.79 Å². The zero-order valence-corrected chi connectivity index (χ0v) is 19.8. The molecule has 0 radical (unpaired) electrons. The summed E-state index contributed by atoms with van der Waals surface area (Å²) in [4.78, 5) is 15.2. The first kappa shape index (κ1) is 23.1. The van der Waals surface area contributed by atoms with Gasteiger partial charge in [-0.25, -0.2) is 13.1 Å². The summed E-state index contributed by atoms with van der Waals surface area (Å²) in [5.41, 5.74) is 1.36. The molecular formula is C24H29ClN2O4S. The van der Waals surface area contributed by atoms with Crippen LogP contribution < -0.4 is 9.46 Å². The minimum absolute atomic E-state index is 0.0135. The number of sulfonamides is 1. The Bertz CT molecular complexity index is 1080. The van der Waals surface area contributed by atoms with Crippen LogP contribution in [-0.4, -0.2) is 45.0 Å². The molecule has 2 aromatic carbocycles. The van der Waals surface area contributed by atoms with Crippen LogP contribution in [0.5, 0.6) is 5.75 Å². The summed E-state index contributed by atoms with van der Waals surface area (Å²) in [5, 5.41) is 0.697. The van der Waals surface area contributed by atoms with Crippen LogP contribution in [0.15, 0.2) is 47.4 Å². The van der Waals surface area contributed by atoms with E-state index in [1.807, 2.05) is 29.2 Å². The van der Waals surface area contributed by atoms with Gasteiger partial charge in [0.15, 0.2) is 0 Å². The van der Waals surface area contributed by atoms with Crippen LogP contribution >= 0.6 is 11.6 Å². The number of amides is 1. The third-order valence-electron chi connectivity index (χ3n) is 6.43. The van der Waals surface area contributed by atoms with Crippen molar-refractivity contribution in [2.75, 3.05) is 13.7 Å². The number of nitrogens with zero attached hydrogens (tertiary/aromatic N) is 1. The number of likely N-dealkylation sites (tertiary alicyclic amines) is 1. The van der Waals surface area contributed by atoms with Crippen molar-refractivity contribution in [2.45, 2.75) is 61.9 Å². The Morgan fingerprint density at radius 2 is 1.88 bits per heavy atom. The van der Waals surface area contributed by atoms with Gasteiger partial charge >= 0.3 is 0 Å². The number of nitrogens with one attached hydrogen (secondary N) is 1. The molecule has 1 N–H and O–H groups in total. The largest absolute Gasteiger partial charge is 0.495 e. The average molecular weight is 477 g/mol. The third kappa shape index (κ3) is 4.95. The third-order valence-corrected chi connectivity index (χ3v) is 8.34. The van der Waals surface area contributed by atoms with Crippen molar-refractivity contribution in [1.82, 2.24) is 9.62 Å². The molecule has 2 aromatic rings. The summed E-state index contributed by atoms with van der Waals surface area (Å²) in [6.45, 7) is 0.641. The van der Waals surface area contributed by atoms with E-state index in [9.17, 15) is 13.2 Å². The first-order chi connectivity index (χ1) is 15.4. The minimum Gasteiger partial charge on any atom is -0.495 e. The number of halogens is 1. The molecule has 1 saturated heterocycles. The second-order valence-electron chi connectivity index (χ2n) is 8.56. The maximum Gasteiger partial charge on any atom is 0.254 e. The predicted molar refractivity (Wildman–Crippen MR) is 125 cm³/mol. The fourth-order valence-electron chi connectivity index (χ4n) is 4.75. The van der Waals surface area contributed by atoms with E-state index in [-0.39, 0.29) is 28.6 Å². The molecule has 0 spiro atoms. The summed E-state index contributed by atoms with van der Waals surface area (Å²) in [6, 6.07) is 12.3. The number of hydrogen-bond donors (Lipinski definition) is 1. The lowest BCUT2D eigenvalue weighted by molar-refractivity contribution is 0.0736. The Morgan fingerprint density at radius 3 is 2.59 bits per heavy atom. The summed E-state index contributed by atoms with van der Waals surface area (Å²) in [7, 11) is -2.36. The minimum atomic E-state index is -3.80. The van der Waals surface area contributed by atoms with Gasteiger partial charge in [0, 0.05) is 29.2 Å². The van der Waals surface area contributed by atoms with Crippen LogP contribution in [0.1, 0.15) is 54.4 Å². The second kappa shape index (κ2) is 9.81. The van der Waals surface area contributed by atoms with E-state index in [1.165, 1.54) is 13.2 Å². The Labute approximate surface area is 195 Å². The van der Waals surface area contributed by atoms with Crippen molar-refractivity contribution < 1.29 is 17.9 Å². The van der Waals surface area contributed by atoms with Crippen LogP contribution in [0, 0.1) is 0 Å². The fourth-order valence-corrected chi connectivity index (χ4v) is 6.46. The van der Waals surface area contributed by atoms with Crippen LogP contribution in [0.2, 0.25) is 5.02 Å². The summed E-state index contributed by atoms with van der Waals surface area (Å²) < 4.78 is 34.2. The Hall–Kier alpha value is -2.09. The molecule has 1 aliphatic carbocycles. The van der Waals surface area contributed by atoms with E-state index in [1.54, 1.807) is 12.1 Å². The number of benzene rings is 2. The number of hydrogen-bond acceptors (Lipinski definition) is 4. The molecule has 0 bridgehead atoms. The molecule has 6 nitrogen and oxygen atoms in total. The predicted octanol–water partition coefficient (Wildman–Crippen LogP) is 4.42. The van der Waals surface area contributed by atoms with Crippen molar-refractivity contribution in [2.24, 2.45) is 0 Å². The van der Waals surface area contributed by atoms with E-state index in [0.717, 1.165) is 44.1 Å². The molecule has 2 fully saturated rings. The van der Waals surface area contributed by atoms with Crippen molar-refractivity contribution in [1.29, 1.82) is 0 Å². The van der Waals surface area contributed by atoms with Gasteiger partial charge in [0.1, 0.15) is 10.6 Å². The van der Waals surface area contributed by atoms with Gasteiger partial charge in [0.05, 0.1) is 7.11 Å². The van der Waals surface area contributed by atoms with Gasteiger partial charge in [-0.15, -0.1) is 0 Å². The molecule has 1 amide bonds. The number of carbonyl (C=O) groups excluding carboxylic acids is 1. The highest BCUT2D eigenvalue weighted by Crippen LogP contribution is 2.30. The van der Waals surface area contributed by atoms with Gasteiger partial charge in [-0.2, -0.15) is 0 Å². The first-order valence-corrected chi connectivity index (χ1v) is 13.0. The molecule has 172 valence electrons. The standard InChI is InChI=1S/C24H29ClN2O4S/c1-31-22-13-12-18(16-23(22)32(29,30)26-19-8-3-4-9-19)24(28)27-14-6-10-20(27)15-17-7-2-5-11-21(17)25/h2,5,7,11-13,16,19-20,26H,3-4,6,8-10,14-15H2,1H3. The van der Waals surface area contributed by atoms with Gasteiger partial charge in [-0.05, 0) is 61.9 Å². The zero-order valence-electron chi connectivity index (χ0n) is 18.2. The van der Waals surface area contributed by atoms with Crippen molar-refractivity contribution in [3.63, 3.8) is 0 Å². The number of methoxy groups -OCH3 is 1. The SMILES string of the molecule is COc1ccc(C(=O)N2CCCC2Cc2ccccc2Cl)cc1S(=O)(=O)NC1CCCC1. The van der Waals surface area contributed by atoms with Crippen LogP contribution in [0.25, 0.3) is 0 Å². The summed E-state index contributed by atoms with van der Waals surface area (Å²) >= 11 is 6.33. The van der Waals surface area contributed by atoms with Gasteiger partial charge < -0.3 is 9.64 Å². The molecule has 32 heavy (non-hydrogen) atoms. The van der Waals surface area contributed by atoms with Crippen LogP contribution in [0.3, 0.4) is 0 Å². The summed E-state index contributed by atoms with van der Waals surface area (Å²) in [6.07, 6.45) is 6.17. The van der Waals surface area contributed by atoms with Gasteiger partial charge in [0.2, 0.25) is 10.0 Å². The molecule has 1 heterocycles. The van der Waals surface area contributed by atoms with Crippen molar-refractivity contribution >= 4 is 27.5 Å². The highest BCUT2D eigenvalue weighted by atomic mass is 35.5. The molecule has 1 saturated carbocycles. The lowest BCUT2D eigenvalue weighted by atomic mass is 10.0. The van der Waals surface area contributed by atoms with E-state index >= 15 is 0 Å². The van der Waals surface area contributed by atoms with Crippen molar-refractivity contribution in [3.05, 3.63) is 58.6 Å². The quantitative estimate of drug-likeness (QED) is 0.642. The van der Waals surface area contributed by atoms with Crippen LogP contribution in [-0.2, 0) is 16.4 Å². The molecule has 4 rings (SSSR count). The van der Waals surface area contributed by atoms with E-state index < -0.39 is 10.0 Å². The monoisotopic (exact) mass is 476 g/mol. The first-order valence-electron chi connectivity index (χ1n) is 11.1. The Kier molecular flexibility index (Phi) is 7.08. The maximum atomic E-state index is 13.4. The lowest BCUT2D eigenvalue weighted by Crippen LogP contribution is -2.37. The smallest absolute Gasteiger partial charge is 0.254 e. The second-order valence-corrected chi connectivity index (χ2v) is 10.6. The molecule has 1 unspecified atom stereocenters. The summed E-state index contributed by atoms with van der Waals surface area (Å²) in [5.74, 6) is 0.0700. The lowest BCUT2D eigenvalue weighted by Gasteiger charge is -2.26. The maximum absolute atomic E-state index is 13.4. The number of rotatable bonds is 7. The Morgan fingerprint density at radius 1 is 1.12 bits per heavy atom. The number of carbonyl (C=O) groups is 1. The van der Waals surface area contributed by atoms with E-state index in [0.29, 0.717) is 23.6 Å². The highest BCUT2D eigenvalue weighted by molar-refractivity contribution is 7.89. The van der Waals surface area contributed by atoms with E-state index in [4.69, 9.17) is 16.3 Å². The van der Waals surface area contributed by atoms with E-state index in [2.05, 4.69) is 4.72 Å². The fraction of sp³-hybridized carbons (Fsp3) is 0.458. The normalized spacial score (nSPS) is 19.4. The molecule has 1 atom stereocenters. The van der Waals surface area contributed by atoms with Gasteiger partial charge in [0.25, 0.3) is 5.91 Å². The molecular weight excluding hydrogens is 448 g/mol. The topological polar surface area (TPSA) is 75.7 Å². The molecule has 0 aromatic heterocycles. The van der Waals surface area contributed by atoms with Crippen LogP contribution in [0.4, 0.5) is 0 Å². The molecule has 1 aliphatic heterocycles. The highest BCUT2D eigenvalue weighted by Gasteiger charge is 2.32.